The molecule has 0 saturated heterocycles. The molecule has 0 aromatic carbocycles. The molecule has 54 valence electrons. The Morgan fingerprint density at radius 3 is 1.60 bits per heavy atom. The summed E-state index contributed by atoms with van der Waals surface area (Å²) in [6.45, 7) is 1.40. The molecule has 0 aliphatic rings. The van der Waals surface area contributed by atoms with Crippen molar-refractivity contribution in [1.82, 2.24) is 10.6 Å². The molecule has 0 aliphatic carbocycles. The summed E-state index contributed by atoms with van der Waals surface area (Å²) in [6, 6.07) is 0. The van der Waals surface area contributed by atoms with Gasteiger partial charge in [-0.1, -0.05) is 0 Å². The molecule has 0 spiro atoms. The average Bonchev–Trinajstić information content (AvgIpc) is 1.97. The molecule has 0 aromatic rings. The Morgan fingerprint density at radius 1 is 0.900 bits per heavy atom. The lowest BCUT2D eigenvalue weighted by Crippen LogP contribution is -2.11. The van der Waals surface area contributed by atoms with Crippen LogP contribution in [0.1, 0.15) is 12.8 Å². The maximum atomic E-state index is 8.04. The Morgan fingerprint density at radius 2 is 1.30 bits per heavy atom. The molecule has 0 fully saturated rings. The van der Waals surface area contributed by atoms with Crippen molar-refractivity contribution in [2.24, 2.45) is 0 Å². The summed E-state index contributed by atoms with van der Waals surface area (Å²) in [6.07, 6.45) is 5.48. The van der Waals surface area contributed by atoms with Crippen molar-refractivity contribution in [3.63, 3.8) is 0 Å². The largest absolute Gasteiger partial charge is 0.324 e. The molecule has 0 radical (unpaired) electrons. The molecule has 4 heteroatoms. The highest BCUT2D eigenvalue weighted by Gasteiger charge is 1.84. The molecule has 0 amide bonds. The van der Waals surface area contributed by atoms with E-state index < -0.39 is 0 Å². The standard InChI is InChI=1S/C6H10N4/c7-5-9-3-1-2-4-10-6-8/h9-10H,1-4H2. The highest BCUT2D eigenvalue weighted by Crippen LogP contribution is 1.82. The second-order valence-corrected chi connectivity index (χ2v) is 1.78. The molecule has 0 rings (SSSR count). The third kappa shape index (κ3) is 6.58. The summed E-state index contributed by atoms with van der Waals surface area (Å²) in [7, 11) is 0. The van der Waals surface area contributed by atoms with E-state index in [-0.39, 0.29) is 0 Å². The molecule has 0 unspecified atom stereocenters. The Kier molecular flexibility index (Phi) is 6.50. The van der Waals surface area contributed by atoms with Crippen LogP contribution in [0.5, 0.6) is 0 Å². The molecular formula is C6H10N4. The Balaban J connectivity index is 2.80. The van der Waals surface area contributed by atoms with Crippen molar-refractivity contribution < 1.29 is 0 Å². The molecule has 10 heavy (non-hydrogen) atoms. The normalized spacial score (nSPS) is 7.40. The Hall–Kier alpha value is -1.42. The van der Waals surface area contributed by atoms with Gasteiger partial charge in [0.1, 0.15) is 0 Å². The quantitative estimate of drug-likeness (QED) is 0.316. The first-order valence-corrected chi connectivity index (χ1v) is 3.15. The second kappa shape index (κ2) is 7.58. The van der Waals surface area contributed by atoms with E-state index >= 15 is 0 Å². The zero-order valence-electron chi connectivity index (χ0n) is 5.72. The monoisotopic (exact) mass is 138 g/mol. The number of hydrogen-bond donors (Lipinski definition) is 2. The molecule has 0 atom stereocenters. The van der Waals surface area contributed by atoms with Crippen molar-refractivity contribution in [3.8, 4) is 12.4 Å². The summed E-state index contributed by atoms with van der Waals surface area (Å²) in [5.74, 6) is 0. The van der Waals surface area contributed by atoms with E-state index in [1.807, 2.05) is 12.4 Å². The predicted octanol–water partition coefficient (Wildman–Crippen LogP) is -0.0920. The molecule has 2 N–H and O–H groups in total. The van der Waals surface area contributed by atoms with Crippen molar-refractivity contribution >= 4 is 0 Å². The zero-order chi connectivity index (χ0) is 7.66. The SMILES string of the molecule is N#CNCCCCNC#N. The number of unbranched alkanes of at least 4 members (excludes halogenated alkanes) is 1. The van der Waals surface area contributed by atoms with Gasteiger partial charge >= 0.3 is 0 Å². The van der Waals surface area contributed by atoms with Gasteiger partial charge in [-0.05, 0) is 12.8 Å². The van der Waals surface area contributed by atoms with E-state index in [1.54, 1.807) is 0 Å². The van der Waals surface area contributed by atoms with Gasteiger partial charge in [-0.3, -0.25) is 0 Å². The number of nitrogens with zero attached hydrogens (tertiary/aromatic N) is 2. The van der Waals surface area contributed by atoms with Gasteiger partial charge in [-0.25, -0.2) is 0 Å². The van der Waals surface area contributed by atoms with E-state index in [4.69, 9.17) is 10.5 Å². The fourth-order valence-electron chi connectivity index (χ4n) is 0.539. The molecule has 4 nitrogen and oxygen atoms in total. The van der Waals surface area contributed by atoms with E-state index in [2.05, 4.69) is 10.6 Å². The smallest absolute Gasteiger partial charge is 0.176 e. The average molecular weight is 138 g/mol. The first kappa shape index (κ1) is 8.58. The van der Waals surface area contributed by atoms with E-state index in [0.717, 1.165) is 12.8 Å². The second-order valence-electron chi connectivity index (χ2n) is 1.78. The van der Waals surface area contributed by atoms with Crippen LogP contribution in [0.15, 0.2) is 0 Å². The predicted molar refractivity (Wildman–Crippen MR) is 36.5 cm³/mol. The van der Waals surface area contributed by atoms with Gasteiger partial charge in [0.05, 0.1) is 0 Å². The number of rotatable bonds is 5. The van der Waals surface area contributed by atoms with Gasteiger partial charge in [0, 0.05) is 13.1 Å². The van der Waals surface area contributed by atoms with Crippen molar-refractivity contribution in [2.45, 2.75) is 12.8 Å². The lowest BCUT2D eigenvalue weighted by Gasteiger charge is -1.95. The minimum atomic E-state index is 0.698. The third-order valence-electron chi connectivity index (χ3n) is 1.01. The molecule has 0 bridgehead atoms. The molecule has 0 saturated carbocycles. The van der Waals surface area contributed by atoms with Crippen LogP contribution in [0.2, 0.25) is 0 Å². The summed E-state index contributed by atoms with van der Waals surface area (Å²) < 4.78 is 0. The Bertz CT molecular complexity index is 123. The fraction of sp³-hybridized carbons (Fsp3) is 0.667. The van der Waals surface area contributed by atoms with Crippen molar-refractivity contribution in [2.75, 3.05) is 13.1 Å². The van der Waals surface area contributed by atoms with Crippen LogP contribution in [-0.2, 0) is 0 Å². The molecule has 0 aromatic heterocycles. The molecule has 0 heterocycles. The van der Waals surface area contributed by atoms with Gasteiger partial charge in [0.2, 0.25) is 0 Å². The van der Waals surface area contributed by atoms with Crippen LogP contribution >= 0.6 is 0 Å². The maximum Gasteiger partial charge on any atom is 0.176 e. The van der Waals surface area contributed by atoms with Gasteiger partial charge in [-0.15, -0.1) is 0 Å². The van der Waals surface area contributed by atoms with Crippen molar-refractivity contribution in [3.05, 3.63) is 0 Å². The Labute approximate surface area is 60.4 Å². The van der Waals surface area contributed by atoms with Crippen LogP contribution in [-0.4, -0.2) is 13.1 Å². The maximum absolute atomic E-state index is 8.04. The highest BCUT2D eigenvalue weighted by atomic mass is 14.9. The third-order valence-corrected chi connectivity index (χ3v) is 1.01. The minimum Gasteiger partial charge on any atom is -0.324 e. The van der Waals surface area contributed by atoms with E-state index in [0.29, 0.717) is 13.1 Å². The van der Waals surface area contributed by atoms with Gasteiger partial charge in [0.15, 0.2) is 12.4 Å². The van der Waals surface area contributed by atoms with Gasteiger partial charge in [-0.2, -0.15) is 10.5 Å². The number of nitriles is 2. The van der Waals surface area contributed by atoms with Crippen LogP contribution in [0.25, 0.3) is 0 Å². The van der Waals surface area contributed by atoms with Crippen LogP contribution < -0.4 is 10.6 Å². The summed E-state index contributed by atoms with van der Waals surface area (Å²) in [4.78, 5) is 0. The van der Waals surface area contributed by atoms with Crippen LogP contribution in [0.4, 0.5) is 0 Å². The van der Waals surface area contributed by atoms with E-state index in [9.17, 15) is 0 Å². The molecule has 0 aliphatic heterocycles. The first-order valence-electron chi connectivity index (χ1n) is 3.15. The van der Waals surface area contributed by atoms with Crippen LogP contribution in [0, 0.1) is 22.9 Å². The highest BCUT2D eigenvalue weighted by molar-refractivity contribution is 4.66. The lowest BCUT2D eigenvalue weighted by molar-refractivity contribution is 0.677. The van der Waals surface area contributed by atoms with Gasteiger partial charge in [0.25, 0.3) is 0 Å². The summed E-state index contributed by atoms with van der Waals surface area (Å²) >= 11 is 0. The number of nitrogens with one attached hydrogen (secondary N) is 2. The lowest BCUT2D eigenvalue weighted by atomic mass is 10.3. The van der Waals surface area contributed by atoms with E-state index in [1.165, 1.54) is 0 Å². The first-order chi connectivity index (χ1) is 4.91. The number of hydrogen-bond acceptors (Lipinski definition) is 4. The minimum absolute atomic E-state index is 0.698. The molecular weight excluding hydrogens is 128 g/mol. The topological polar surface area (TPSA) is 71.6 Å². The van der Waals surface area contributed by atoms with Gasteiger partial charge < -0.3 is 10.6 Å². The summed E-state index contributed by atoms with van der Waals surface area (Å²) in [5, 5.41) is 21.1. The summed E-state index contributed by atoms with van der Waals surface area (Å²) in [5.41, 5.74) is 0. The zero-order valence-corrected chi connectivity index (χ0v) is 5.72. The van der Waals surface area contributed by atoms with Crippen LogP contribution in [0.3, 0.4) is 0 Å². The fourth-order valence-corrected chi connectivity index (χ4v) is 0.539. The van der Waals surface area contributed by atoms with Crippen molar-refractivity contribution in [1.29, 1.82) is 10.5 Å².